The van der Waals surface area contributed by atoms with Crippen molar-refractivity contribution in [3.8, 4) is 22.8 Å². The van der Waals surface area contributed by atoms with Crippen LogP contribution < -0.4 is 0 Å². The zero-order valence-corrected chi connectivity index (χ0v) is 13.8. The Morgan fingerprint density at radius 3 is 2.52 bits per heavy atom. The SMILES string of the molecule is FC(F)(F)c1cccc(-c2nnn(Cc3coc(-c4ccccc4)n3)n2)c1. The first kappa shape index (κ1) is 17.0. The van der Waals surface area contributed by atoms with Gasteiger partial charge in [-0.15, -0.1) is 10.2 Å². The molecule has 2 aromatic carbocycles. The van der Waals surface area contributed by atoms with Crippen molar-refractivity contribution in [2.24, 2.45) is 0 Å². The highest BCUT2D eigenvalue weighted by Gasteiger charge is 2.30. The van der Waals surface area contributed by atoms with Crippen molar-refractivity contribution in [2.75, 3.05) is 0 Å². The van der Waals surface area contributed by atoms with Crippen LogP contribution in [0.5, 0.6) is 0 Å². The van der Waals surface area contributed by atoms with E-state index in [4.69, 9.17) is 4.42 Å². The molecule has 6 nitrogen and oxygen atoms in total. The molecule has 0 spiro atoms. The van der Waals surface area contributed by atoms with E-state index in [9.17, 15) is 13.2 Å². The van der Waals surface area contributed by atoms with Gasteiger partial charge in [0, 0.05) is 11.1 Å². The molecule has 0 fully saturated rings. The van der Waals surface area contributed by atoms with E-state index in [1.165, 1.54) is 23.2 Å². The van der Waals surface area contributed by atoms with Crippen LogP contribution in [0.3, 0.4) is 0 Å². The number of tetrazole rings is 1. The number of halogens is 3. The molecule has 0 N–H and O–H groups in total. The predicted octanol–water partition coefficient (Wildman–Crippen LogP) is 4.06. The van der Waals surface area contributed by atoms with E-state index in [1.807, 2.05) is 30.3 Å². The van der Waals surface area contributed by atoms with E-state index >= 15 is 0 Å². The number of aromatic nitrogens is 5. The van der Waals surface area contributed by atoms with Crippen LogP contribution in [-0.4, -0.2) is 25.2 Å². The minimum absolute atomic E-state index is 0.105. The van der Waals surface area contributed by atoms with Gasteiger partial charge >= 0.3 is 6.18 Å². The number of hydrogen-bond donors (Lipinski definition) is 0. The largest absolute Gasteiger partial charge is 0.444 e. The van der Waals surface area contributed by atoms with Crippen LogP contribution in [0.1, 0.15) is 11.3 Å². The van der Waals surface area contributed by atoms with Gasteiger partial charge < -0.3 is 4.42 Å². The van der Waals surface area contributed by atoms with Crippen LogP contribution in [-0.2, 0) is 12.7 Å². The number of benzene rings is 2. The van der Waals surface area contributed by atoms with E-state index in [2.05, 4.69) is 20.4 Å². The molecule has 0 unspecified atom stereocenters. The smallest absolute Gasteiger partial charge is 0.416 e. The standard InChI is InChI=1S/C18H12F3N5O/c19-18(20,21)14-8-4-7-13(9-14)16-23-25-26(24-16)10-15-11-27-17(22-15)12-5-2-1-3-6-12/h1-9,11H,10H2. The minimum atomic E-state index is -4.43. The summed E-state index contributed by atoms with van der Waals surface area (Å²) in [5.74, 6) is 0.566. The van der Waals surface area contributed by atoms with Gasteiger partial charge in [-0.1, -0.05) is 30.3 Å². The van der Waals surface area contributed by atoms with Gasteiger partial charge in [0.1, 0.15) is 18.5 Å². The van der Waals surface area contributed by atoms with Gasteiger partial charge in [-0.3, -0.25) is 0 Å². The molecular weight excluding hydrogens is 359 g/mol. The second kappa shape index (κ2) is 6.67. The molecule has 0 aliphatic carbocycles. The highest BCUT2D eigenvalue weighted by atomic mass is 19.4. The average Bonchev–Trinajstić information content (AvgIpc) is 3.32. The molecule has 0 saturated heterocycles. The van der Waals surface area contributed by atoms with Gasteiger partial charge in [0.15, 0.2) is 0 Å². The fraction of sp³-hybridized carbons (Fsp3) is 0.111. The third-order valence-electron chi connectivity index (χ3n) is 3.78. The summed E-state index contributed by atoms with van der Waals surface area (Å²) in [6.45, 7) is 0.183. The van der Waals surface area contributed by atoms with Crippen molar-refractivity contribution in [1.82, 2.24) is 25.2 Å². The van der Waals surface area contributed by atoms with Crippen LogP contribution in [0.25, 0.3) is 22.8 Å². The van der Waals surface area contributed by atoms with Gasteiger partial charge in [0.05, 0.1) is 5.56 Å². The molecule has 27 heavy (non-hydrogen) atoms. The Labute approximate surface area is 151 Å². The fourth-order valence-corrected chi connectivity index (χ4v) is 2.50. The molecule has 0 bridgehead atoms. The summed E-state index contributed by atoms with van der Waals surface area (Å²) in [5.41, 5.74) is 0.878. The fourth-order valence-electron chi connectivity index (χ4n) is 2.50. The van der Waals surface area contributed by atoms with Gasteiger partial charge in [0.25, 0.3) is 0 Å². The molecule has 2 aromatic heterocycles. The van der Waals surface area contributed by atoms with Crippen molar-refractivity contribution < 1.29 is 17.6 Å². The molecule has 0 saturated carbocycles. The number of hydrogen-bond acceptors (Lipinski definition) is 5. The van der Waals surface area contributed by atoms with Gasteiger partial charge in [-0.05, 0) is 29.5 Å². The first-order chi connectivity index (χ1) is 13.0. The zero-order chi connectivity index (χ0) is 18.9. The monoisotopic (exact) mass is 371 g/mol. The average molecular weight is 371 g/mol. The van der Waals surface area contributed by atoms with Crippen molar-refractivity contribution >= 4 is 0 Å². The number of nitrogens with zero attached hydrogens (tertiary/aromatic N) is 5. The van der Waals surface area contributed by atoms with E-state index in [0.29, 0.717) is 11.6 Å². The lowest BCUT2D eigenvalue weighted by atomic mass is 10.1. The highest BCUT2D eigenvalue weighted by Crippen LogP contribution is 2.31. The van der Waals surface area contributed by atoms with Crippen LogP contribution >= 0.6 is 0 Å². The second-order valence-corrected chi connectivity index (χ2v) is 5.73. The lowest BCUT2D eigenvalue weighted by molar-refractivity contribution is -0.137. The Balaban J connectivity index is 1.53. The third kappa shape index (κ3) is 3.71. The van der Waals surface area contributed by atoms with Crippen LogP contribution in [0, 0.1) is 0 Å². The van der Waals surface area contributed by atoms with E-state index < -0.39 is 11.7 Å². The van der Waals surface area contributed by atoms with Gasteiger partial charge in [0.2, 0.25) is 11.7 Å². The van der Waals surface area contributed by atoms with E-state index in [0.717, 1.165) is 17.7 Å². The third-order valence-corrected chi connectivity index (χ3v) is 3.78. The lowest BCUT2D eigenvalue weighted by Gasteiger charge is -2.06. The Morgan fingerprint density at radius 2 is 1.74 bits per heavy atom. The van der Waals surface area contributed by atoms with Crippen molar-refractivity contribution in [1.29, 1.82) is 0 Å². The highest BCUT2D eigenvalue weighted by molar-refractivity contribution is 5.55. The maximum atomic E-state index is 12.8. The molecule has 2 heterocycles. The van der Waals surface area contributed by atoms with Crippen LogP contribution in [0.15, 0.2) is 65.3 Å². The van der Waals surface area contributed by atoms with Gasteiger partial charge in [-0.25, -0.2) is 4.98 Å². The predicted molar refractivity (Wildman–Crippen MR) is 89.3 cm³/mol. The molecule has 4 aromatic rings. The summed E-state index contributed by atoms with van der Waals surface area (Å²) < 4.78 is 44.0. The molecule has 0 atom stereocenters. The van der Waals surface area contributed by atoms with Crippen molar-refractivity contribution in [3.63, 3.8) is 0 Å². The van der Waals surface area contributed by atoms with E-state index in [-0.39, 0.29) is 17.9 Å². The number of alkyl halides is 3. The summed E-state index contributed by atoms with van der Waals surface area (Å²) in [4.78, 5) is 5.61. The van der Waals surface area contributed by atoms with Gasteiger partial charge in [-0.2, -0.15) is 18.0 Å². The summed E-state index contributed by atoms with van der Waals surface area (Å²) in [7, 11) is 0. The van der Waals surface area contributed by atoms with Crippen LogP contribution in [0.2, 0.25) is 0 Å². The maximum absolute atomic E-state index is 12.8. The first-order valence-electron chi connectivity index (χ1n) is 7.94. The molecule has 136 valence electrons. The zero-order valence-electron chi connectivity index (χ0n) is 13.8. The topological polar surface area (TPSA) is 69.6 Å². The maximum Gasteiger partial charge on any atom is 0.416 e. The molecule has 0 radical (unpaired) electrons. The van der Waals surface area contributed by atoms with Crippen molar-refractivity contribution in [3.05, 3.63) is 72.1 Å². The van der Waals surface area contributed by atoms with Crippen LogP contribution in [0.4, 0.5) is 13.2 Å². The minimum Gasteiger partial charge on any atom is -0.444 e. The normalized spacial score (nSPS) is 11.7. The Morgan fingerprint density at radius 1 is 0.963 bits per heavy atom. The number of oxazole rings is 1. The Kier molecular flexibility index (Phi) is 4.19. The Bertz CT molecular complexity index is 1060. The first-order valence-corrected chi connectivity index (χ1v) is 7.94. The molecular formula is C18H12F3N5O. The molecule has 0 aliphatic rings. The molecule has 9 heteroatoms. The van der Waals surface area contributed by atoms with Crippen molar-refractivity contribution in [2.45, 2.75) is 12.7 Å². The molecule has 4 rings (SSSR count). The summed E-state index contributed by atoms with van der Waals surface area (Å²) in [6, 6.07) is 14.2. The molecule has 0 amide bonds. The Hall–Kier alpha value is -3.49. The summed E-state index contributed by atoms with van der Waals surface area (Å²) in [6.07, 6.45) is -2.95. The quantitative estimate of drug-likeness (QED) is 0.541. The second-order valence-electron chi connectivity index (χ2n) is 5.73. The van der Waals surface area contributed by atoms with E-state index in [1.54, 1.807) is 0 Å². The molecule has 0 aliphatic heterocycles. The summed E-state index contributed by atoms with van der Waals surface area (Å²) in [5, 5.41) is 11.8. The summed E-state index contributed by atoms with van der Waals surface area (Å²) >= 11 is 0. The lowest BCUT2D eigenvalue weighted by Crippen LogP contribution is -2.05. The number of rotatable bonds is 4.